The quantitative estimate of drug-likeness (QED) is 0.847. The number of rotatable bonds is 3. The van der Waals surface area contributed by atoms with Gasteiger partial charge in [-0.2, -0.15) is 0 Å². The number of hydrogen-bond donors (Lipinski definition) is 2. The Hall–Kier alpha value is -1.69. The molecule has 1 saturated heterocycles. The van der Waals surface area contributed by atoms with E-state index in [9.17, 15) is 9.59 Å². The van der Waals surface area contributed by atoms with Crippen molar-refractivity contribution in [2.24, 2.45) is 0 Å². The van der Waals surface area contributed by atoms with Crippen LogP contribution in [0.1, 0.15) is 37.2 Å². The third kappa shape index (κ3) is 3.90. The Labute approximate surface area is 118 Å². The predicted molar refractivity (Wildman–Crippen MR) is 76.3 cm³/mol. The van der Waals surface area contributed by atoms with E-state index in [2.05, 4.69) is 20.2 Å². The van der Waals surface area contributed by atoms with Crippen molar-refractivity contribution in [2.75, 3.05) is 13.6 Å². The Bertz CT molecular complexity index is 526. The normalized spacial score (nSPS) is 20.4. The van der Waals surface area contributed by atoms with E-state index in [4.69, 9.17) is 0 Å². The van der Waals surface area contributed by atoms with Crippen molar-refractivity contribution in [2.45, 2.75) is 45.2 Å². The molecule has 1 aliphatic heterocycles. The van der Waals surface area contributed by atoms with Gasteiger partial charge in [-0.1, -0.05) is 12.8 Å². The number of nitrogens with one attached hydrogen (secondary N) is 2. The van der Waals surface area contributed by atoms with Crippen LogP contribution in [0.2, 0.25) is 0 Å². The van der Waals surface area contributed by atoms with E-state index < -0.39 is 0 Å². The van der Waals surface area contributed by atoms with Crippen LogP contribution in [0.5, 0.6) is 0 Å². The van der Waals surface area contributed by atoms with Crippen molar-refractivity contribution in [1.82, 2.24) is 20.2 Å². The van der Waals surface area contributed by atoms with Crippen LogP contribution < -0.4 is 10.9 Å². The molecule has 0 saturated carbocycles. The Morgan fingerprint density at radius 2 is 2.30 bits per heavy atom. The van der Waals surface area contributed by atoms with Gasteiger partial charge >= 0.3 is 0 Å². The number of nitrogens with zero attached hydrogens (tertiary/aromatic N) is 2. The van der Waals surface area contributed by atoms with Crippen molar-refractivity contribution >= 4 is 5.91 Å². The Balaban J connectivity index is 1.95. The Kier molecular flexibility index (Phi) is 4.89. The lowest BCUT2D eigenvalue weighted by Crippen LogP contribution is -2.44. The Morgan fingerprint density at radius 1 is 1.50 bits per heavy atom. The summed E-state index contributed by atoms with van der Waals surface area (Å²) in [5, 5.41) is 2.89. The third-order valence-corrected chi connectivity index (χ3v) is 3.68. The van der Waals surface area contributed by atoms with E-state index in [1.165, 1.54) is 12.5 Å². The molecule has 1 aliphatic rings. The molecular weight excluding hydrogens is 256 g/mol. The molecule has 110 valence electrons. The second kappa shape index (κ2) is 6.65. The lowest BCUT2D eigenvalue weighted by Gasteiger charge is -2.24. The second-order valence-corrected chi connectivity index (χ2v) is 5.39. The first-order chi connectivity index (χ1) is 9.56. The van der Waals surface area contributed by atoms with Crippen LogP contribution in [0.25, 0.3) is 0 Å². The molecule has 0 aliphatic carbocycles. The molecule has 1 fully saturated rings. The summed E-state index contributed by atoms with van der Waals surface area (Å²) in [5.74, 6) is 0.586. The smallest absolute Gasteiger partial charge is 0.251 e. The zero-order valence-electron chi connectivity index (χ0n) is 12.1. The van der Waals surface area contributed by atoms with Gasteiger partial charge in [-0.3, -0.25) is 14.5 Å². The van der Waals surface area contributed by atoms with Crippen LogP contribution in [0.15, 0.2) is 10.9 Å². The van der Waals surface area contributed by atoms with E-state index in [0.29, 0.717) is 18.1 Å². The zero-order chi connectivity index (χ0) is 14.5. The van der Waals surface area contributed by atoms with Crippen molar-refractivity contribution in [1.29, 1.82) is 0 Å². The summed E-state index contributed by atoms with van der Waals surface area (Å²) in [6.45, 7) is 2.99. The van der Waals surface area contributed by atoms with Gasteiger partial charge < -0.3 is 10.3 Å². The number of hydrogen-bond acceptors (Lipinski definition) is 4. The van der Waals surface area contributed by atoms with E-state index in [0.717, 1.165) is 25.8 Å². The van der Waals surface area contributed by atoms with Gasteiger partial charge in [0.05, 0.1) is 18.3 Å². The summed E-state index contributed by atoms with van der Waals surface area (Å²) in [4.78, 5) is 32.5. The molecule has 2 N–H and O–H groups in total. The molecule has 6 nitrogen and oxygen atoms in total. The molecule has 1 aromatic heterocycles. The van der Waals surface area contributed by atoms with E-state index in [1.807, 2.05) is 7.05 Å². The van der Waals surface area contributed by atoms with Gasteiger partial charge in [0.15, 0.2) is 0 Å². The molecular formula is C14H22N4O2. The molecule has 2 rings (SSSR count). The van der Waals surface area contributed by atoms with Gasteiger partial charge in [0.1, 0.15) is 5.82 Å². The molecule has 6 heteroatoms. The molecule has 0 unspecified atom stereocenters. The van der Waals surface area contributed by atoms with Gasteiger partial charge in [0.2, 0.25) is 5.91 Å². The maximum absolute atomic E-state index is 12.2. The van der Waals surface area contributed by atoms with E-state index in [-0.39, 0.29) is 17.5 Å². The summed E-state index contributed by atoms with van der Waals surface area (Å²) in [6.07, 6.45) is 4.31. The number of aryl methyl sites for hydroxylation is 1. The van der Waals surface area contributed by atoms with Crippen LogP contribution >= 0.6 is 0 Å². The summed E-state index contributed by atoms with van der Waals surface area (Å²) in [6, 6.07) is 1.35. The molecule has 1 amide bonds. The van der Waals surface area contributed by atoms with Gasteiger partial charge in [0, 0.05) is 6.07 Å². The van der Waals surface area contributed by atoms with Crippen molar-refractivity contribution < 1.29 is 4.79 Å². The lowest BCUT2D eigenvalue weighted by molar-refractivity contribution is -0.126. The first-order valence-electron chi connectivity index (χ1n) is 7.11. The number of amides is 1. The lowest BCUT2D eigenvalue weighted by atomic mass is 10.1. The van der Waals surface area contributed by atoms with Gasteiger partial charge in [-0.25, -0.2) is 4.98 Å². The second-order valence-electron chi connectivity index (χ2n) is 5.39. The number of aromatic nitrogens is 2. The number of H-pyrrole nitrogens is 1. The Morgan fingerprint density at radius 3 is 3.05 bits per heavy atom. The van der Waals surface area contributed by atoms with Crippen LogP contribution in [0.3, 0.4) is 0 Å². The summed E-state index contributed by atoms with van der Waals surface area (Å²) in [7, 11) is 1.99. The molecule has 0 bridgehead atoms. The van der Waals surface area contributed by atoms with Crippen molar-refractivity contribution in [3.05, 3.63) is 27.9 Å². The summed E-state index contributed by atoms with van der Waals surface area (Å²) >= 11 is 0. The topological polar surface area (TPSA) is 78.1 Å². The van der Waals surface area contributed by atoms with Crippen LogP contribution in [-0.4, -0.2) is 40.4 Å². The minimum Gasteiger partial charge on any atom is -0.349 e. The van der Waals surface area contributed by atoms with E-state index >= 15 is 0 Å². The monoisotopic (exact) mass is 278 g/mol. The maximum atomic E-state index is 12.2. The van der Waals surface area contributed by atoms with Crippen LogP contribution in [0, 0.1) is 6.92 Å². The van der Waals surface area contributed by atoms with Crippen molar-refractivity contribution in [3.8, 4) is 0 Å². The standard InChI is InChI=1S/C14H22N4O2/c1-10-16-11(8-13(19)17-10)9-15-14(20)12-6-4-3-5-7-18(12)2/h8,12H,3-7,9H2,1-2H3,(H,15,20)(H,16,17,19)/t12-/m1/s1. The molecule has 0 aromatic carbocycles. The average molecular weight is 278 g/mol. The fourth-order valence-corrected chi connectivity index (χ4v) is 2.61. The molecule has 0 radical (unpaired) electrons. The zero-order valence-corrected chi connectivity index (χ0v) is 12.1. The predicted octanol–water partition coefficient (Wildman–Crippen LogP) is 0.569. The highest BCUT2D eigenvalue weighted by Crippen LogP contribution is 2.15. The number of likely N-dealkylation sites (N-methyl/N-ethyl adjacent to an activating group) is 1. The maximum Gasteiger partial charge on any atom is 0.251 e. The fraction of sp³-hybridized carbons (Fsp3) is 0.643. The first kappa shape index (κ1) is 14.7. The molecule has 2 heterocycles. The third-order valence-electron chi connectivity index (χ3n) is 3.68. The highest BCUT2D eigenvalue weighted by Gasteiger charge is 2.24. The fourth-order valence-electron chi connectivity index (χ4n) is 2.61. The highest BCUT2D eigenvalue weighted by molar-refractivity contribution is 5.81. The van der Waals surface area contributed by atoms with Crippen molar-refractivity contribution in [3.63, 3.8) is 0 Å². The molecule has 1 atom stereocenters. The summed E-state index contributed by atoms with van der Waals surface area (Å²) in [5.41, 5.74) is 0.407. The van der Waals surface area contributed by atoms with Crippen LogP contribution in [-0.2, 0) is 11.3 Å². The molecule has 20 heavy (non-hydrogen) atoms. The average Bonchev–Trinajstić information content (AvgIpc) is 2.59. The summed E-state index contributed by atoms with van der Waals surface area (Å²) < 4.78 is 0. The number of carbonyl (C=O) groups is 1. The SMILES string of the molecule is Cc1nc(CNC(=O)[C@H]2CCCCCN2C)cc(=O)[nH]1. The highest BCUT2D eigenvalue weighted by atomic mass is 16.2. The van der Waals surface area contributed by atoms with Gasteiger partial charge in [-0.05, 0) is 33.4 Å². The molecule has 1 aromatic rings. The number of likely N-dealkylation sites (tertiary alicyclic amines) is 1. The minimum atomic E-state index is -0.187. The molecule has 0 spiro atoms. The van der Waals surface area contributed by atoms with Gasteiger partial charge in [0.25, 0.3) is 5.56 Å². The largest absolute Gasteiger partial charge is 0.349 e. The van der Waals surface area contributed by atoms with E-state index in [1.54, 1.807) is 6.92 Å². The number of aromatic amines is 1. The number of carbonyl (C=O) groups excluding carboxylic acids is 1. The minimum absolute atomic E-state index is 0.0223. The first-order valence-corrected chi connectivity index (χ1v) is 7.11. The van der Waals surface area contributed by atoms with Crippen LogP contribution in [0.4, 0.5) is 0 Å². The van der Waals surface area contributed by atoms with Gasteiger partial charge in [-0.15, -0.1) is 0 Å².